The molecule has 3 rings (SSSR count). The second-order valence-corrected chi connectivity index (χ2v) is 9.95. The Bertz CT molecular complexity index is 1030. The molecule has 1 amide bonds. The van der Waals surface area contributed by atoms with Gasteiger partial charge < -0.3 is 5.32 Å². The number of nitrogens with zero attached hydrogens (tertiary/aromatic N) is 1. The zero-order valence-corrected chi connectivity index (χ0v) is 18.3. The molecule has 0 aliphatic carbocycles. The number of carbonyl (C=O) groups excluding carboxylic acids is 1. The Morgan fingerprint density at radius 1 is 0.897 bits per heavy atom. The van der Waals surface area contributed by atoms with E-state index in [0.29, 0.717) is 16.8 Å². The number of sulfonamides is 1. The molecule has 0 unspecified atom stereocenters. The summed E-state index contributed by atoms with van der Waals surface area (Å²) in [6.45, 7) is 8.09. The first kappa shape index (κ1) is 21.1. The first-order valence-electron chi connectivity index (χ1n) is 9.85. The van der Waals surface area contributed by atoms with Crippen molar-refractivity contribution in [3.8, 4) is 0 Å². The van der Waals surface area contributed by atoms with Gasteiger partial charge in [0.05, 0.1) is 5.69 Å². The molecule has 0 radical (unpaired) electrons. The number of amides is 1. The third-order valence-electron chi connectivity index (χ3n) is 5.36. The summed E-state index contributed by atoms with van der Waals surface area (Å²) >= 11 is 0. The van der Waals surface area contributed by atoms with Gasteiger partial charge in [-0.05, 0) is 23.5 Å². The van der Waals surface area contributed by atoms with Crippen molar-refractivity contribution >= 4 is 27.2 Å². The molecule has 1 aliphatic rings. The summed E-state index contributed by atoms with van der Waals surface area (Å²) in [5.41, 5.74) is 2.44. The molecule has 0 bridgehead atoms. The first-order valence-corrected chi connectivity index (χ1v) is 11.3. The van der Waals surface area contributed by atoms with Crippen LogP contribution >= 0.6 is 0 Å². The fraction of sp³-hybridized carbons (Fsp3) is 0.348. The van der Waals surface area contributed by atoms with Crippen LogP contribution in [0.25, 0.3) is 5.57 Å². The number of rotatable bonds is 5. The first-order chi connectivity index (χ1) is 13.7. The fourth-order valence-corrected chi connectivity index (χ4v) is 5.39. The van der Waals surface area contributed by atoms with Crippen LogP contribution in [-0.4, -0.2) is 27.4 Å². The number of para-hydroxylation sites is 1. The van der Waals surface area contributed by atoms with Crippen LogP contribution in [0.5, 0.6) is 0 Å². The van der Waals surface area contributed by atoms with Crippen molar-refractivity contribution in [2.24, 2.45) is 11.8 Å². The minimum atomic E-state index is -4.01. The molecule has 29 heavy (non-hydrogen) atoms. The minimum absolute atomic E-state index is 0.135. The smallest absolute Gasteiger partial charge is 0.270 e. The maximum atomic E-state index is 13.4. The SMILES string of the molecule is CC(C)C(NC(=O)C1=C(c2ccccc2)c2ccccc2N(C)S1(=O)=O)C(C)C. The van der Waals surface area contributed by atoms with Gasteiger partial charge in [0, 0.05) is 24.2 Å². The highest BCUT2D eigenvalue weighted by molar-refractivity contribution is 7.97. The molecule has 5 nitrogen and oxygen atoms in total. The van der Waals surface area contributed by atoms with Crippen LogP contribution in [0.3, 0.4) is 0 Å². The van der Waals surface area contributed by atoms with Crippen molar-refractivity contribution in [2.75, 3.05) is 11.4 Å². The molecular weight excluding hydrogens is 384 g/mol. The summed E-state index contributed by atoms with van der Waals surface area (Å²) in [5.74, 6) is -0.204. The van der Waals surface area contributed by atoms with Gasteiger partial charge in [-0.15, -0.1) is 0 Å². The van der Waals surface area contributed by atoms with E-state index >= 15 is 0 Å². The number of hydrogen-bond donors (Lipinski definition) is 1. The van der Waals surface area contributed by atoms with Gasteiger partial charge in [0.2, 0.25) is 0 Å². The molecule has 0 aromatic heterocycles. The third-order valence-corrected chi connectivity index (χ3v) is 7.18. The Kier molecular flexibility index (Phi) is 5.85. The van der Waals surface area contributed by atoms with Crippen LogP contribution in [-0.2, 0) is 14.8 Å². The fourth-order valence-electron chi connectivity index (χ4n) is 3.92. The van der Waals surface area contributed by atoms with Gasteiger partial charge in [-0.3, -0.25) is 9.10 Å². The second kappa shape index (κ2) is 8.03. The van der Waals surface area contributed by atoms with Crippen LogP contribution < -0.4 is 9.62 Å². The van der Waals surface area contributed by atoms with Crippen LogP contribution in [0.4, 0.5) is 5.69 Å². The maximum absolute atomic E-state index is 13.4. The normalized spacial score (nSPS) is 15.8. The van der Waals surface area contributed by atoms with Gasteiger partial charge in [0.1, 0.15) is 0 Å². The molecule has 1 aliphatic heterocycles. The Labute approximate surface area is 173 Å². The van der Waals surface area contributed by atoms with E-state index < -0.39 is 15.9 Å². The summed E-state index contributed by atoms with van der Waals surface area (Å²) in [5, 5.41) is 2.99. The van der Waals surface area contributed by atoms with Gasteiger partial charge in [-0.1, -0.05) is 76.2 Å². The van der Waals surface area contributed by atoms with Crippen LogP contribution in [0.2, 0.25) is 0 Å². The standard InChI is InChI=1S/C23H28N2O3S/c1-15(2)21(16(3)4)24-23(26)22-20(17-11-7-6-8-12-17)18-13-9-10-14-19(18)25(5)29(22,27)28/h6-16,21H,1-5H3,(H,24,26). The molecule has 0 saturated heterocycles. The number of carbonyl (C=O) groups is 1. The molecule has 1 N–H and O–H groups in total. The van der Waals surface area contributed by atoms with Crippen molar-refractivity contribution in [1.82, 2.24) is 5.32 Å². The Morgan fingerprint density at radius 3 is 2.03 bits per heavy atom. The van der Waals surface area contributed by atoms with Crippen LogP contribution in [0.15, 0.2) is 59.5 Å². The number of hydrogen-bond acceptors (Lipinski definition) is 3. The van der Waals surface area contributed by atoms with Crippen molar-refractivity contribution in [3.63, 3.8) is 0 Å². The number of nitrogens with one attached hydrogen (secondary N) is 1. The van der Waals surface area contributed by atoms with E-state index in [-0.39, 0.29) is 22.8 Å². The number of anilines is 1. The summed E-state index contributed by atoms with van der Waals surface area (Å²) < 4.78 is 28.1. The van der Waals surface area contributed by atoms with E-state index in [2.05, 4.69) is 5.32 Å². The Morgan fingerprint density at radius 2 is 1.45 bits per heavy atom. The summed E-state index contributed by atoms with van der Waals surface area (Å²) in [6, 6.07) is 16.4. The monoisotopic (exact) mass is 412 g/mol. The van der Waals surface area contributed by atoms with E-state index in [1.165, 1.54) is 11.4 Å². The van der Waals surface area contributed by atoms with E-state index in [4.69, 9.17) is 0 Å². The lowest BCUT2D eigenvalue weighted by molar-refractivity contribution is -0.118. The molecule has 2 aromatic carbocycles. The summed E-state index contributed by atoms with van der Waals surface area (Å²) in [7, 11) is -2.52. The number of benzene rings is 2. The lowest BCUT2D eigenvalue weighted by atomic mass is 9.92. The average Bonchev–Trinajstić information content (AvgIpc) is 2.68. The van der Waals surface area contributed by atoms with Crippen molar-refractivity contribution < 1.29 is 13.2 Å². The lowest BCUT2D eigenvalue weighted by Gasteiger charge is -2.32. The predicted octanol–water partition coefficient (Wildman–Crippen LogP) is 4.02. The van der Waals surface area contributed by atoms with Crippen LogP contribution in [0, 0.1) is 11.8 Å². The van der Waals surface area contributed by atoms with Crippen LogP contribution in [0.1, 0.15) is 38.8 Å². The minimum Gasteiger partial charge on any atom is -0.348 e. The topological polar surface area (TPSA) is 66.5 Å². The predicted molar refractivity (Wildman–Crippen MR) is 118 cm³/mol. The van der Waals surface area contributed by atoms with Crippen molar-refractivity contribution in [2.45, 2.75) is 33.7 Å². The van der Waals surface area contributed by atoms with Crippen molar-refractivity contribution in [1.29, 1.82) is 0 Å². The molecule has 1 heterocycles. The van der Waals surface area contributed by atoms with Gasteiger partial charge in [-0.2, -0.15) is 0 Å². The summed E-state index contributed by atoms with van der Waals surface area (Å²) in [6.07, 6.45) is 0. The molecule has 2 aromatic rings. The van der Waals surface area contributed by atoms with Gasteiger partial charge in [-0.25, -0.2) is 8.42 Å². The van der Waals surface area contributed by atoms with E-state index in [0.717, 1.165) is 5.56 Å². The second-order valence-electron chi connectivity index (χ2n) is 8.05. The van der Waals surface area contributed by atoms with Gasteiger partial charge in [0.15, 0.2) is 4.91 Å². The summed E-state index contributed by atoms with van der Waals surface area (Å²) in [4.78, 5) is 13.2. The van der Waals surface area contributed by atoms with Crippen molar-refractivity contribution in [3.05, 3.63) is 70.6 Å². The molecule has 0 fully saturated rings. The van der Waals surface area contributed by atoms with Gasteiger partial charge >= 0.3 is 0 Å². The zero-order chi connectivity index (χ0) is 21.3. The molecule has 0 saturated carbocycles. The molecule has 0 spiro atoms. The van der Waals surface area contributed by atoms with E-state index in [1.807, 2.05) is 70.2 Å². The Balaban J connectivity index is 2.28. The zero-order valence-electron chi connectivity index (χ0n) is 17.5. The largest absolute Gasteiger partial charge is 0.348 e. The number of fused-ring (bicyclic) bond motifs is 1. The van der Waals surface area contributed by atoms with E-state index in [9.17, 15) is 13.2 Å². The van der Waals surface area contributed by atoms with E-state index in [1.54, 1.807) is 12.1 Å². The van der Waals surface area contributed by atoms with Gasteiger partial charge in [0.25, 0.3) is 15.9 Å². The highest BCUT2D eigenvalue weighted by Gasteiger charge is 2.40. The maximum Gasteiger partial charge on any atom is 0.270 e. The molecule has 0 atom stereocenters. The average molecular weight is 413 g/mol. The highest BCUT2D eigenvalue weighted by atomic mass is 32.2. The quantitative estimate of drug-likeness (QED) is 0.806. The molecule has 154 valence electrons. The lowest BCUT2D eigenvalue weighted by Crippen LogP contribution is -2.46. The third kappa shape index (κ3) is 3.81. The highest BCUT2D eigenvalue weighted by Crippen LogP contribution is 2.42. The Hall–Kier alpha value is -2.60. The molecule has 6 heteroatoms. The molecular formula is C23H28N2O3S.